The lowest BCUT2D eigenvalue weighted by molar-refractivity contribution is 0.584. The van der Waals surface area contributed by atoms with E-state index in [9.17, 15) is 0 Å². The molecule has 4 aliphatic rings. The molecule has 5 nitrogen and oxygen atoms in total. The number of benzene rings is 14. The van der Waals surface area contributed by atoms with Gasteiger partial charge in [-0.2, -0.15) is 0 Å². The van der Waals surface area contributed by atoms with Crippen molar-refractivity contribution in [1.82, 2.24) is 0 Å². The van der Waals surface area contributed by atoms with Crippen LogP contribution < -0.4 is 57.3 Å². The fourth-order valence-electron chi connectivity index (χ4n) is 14.9. The van der Waals surface area contributed by atoms with Gasteiger partial charge in [0.2, 0.25) is 6.71 Å². The number of fused-ring (bicyclic) bond motifs is 8. The smallest absolute Gasteiger partial charge is 0.252 e. The van der Waals surface area contributed by atoms with Gasteiger partial charge in [-0.05, 0) is 177 Å². The summed E-state index contributed by atoms with van der Waals surface area (Å²) < 4.78 is 33.5. The third kappa shape index (κ3) is 9.15. The first kappa shape index (κ1) is 55.3. The lowest BCUT2D eigenvalue weighted by Crippen LogP contribution is -2.64. The van der Waals surface area contributed by atoms with Gasteiger partial charge in [0.05, 0.1) is 11.4 Å². The molecule has 0 spiro atoms. The van der Waals surface area contributed by atoms with Gasteiger partial charge in [0.1, 0.15) is 11.6 Å². The first-order valence-corrected chi connectivity index (χ1v) is 32.7. The molecule has 14 aromatic carbocycles. The highest BCUT2D eigenvalue weighted by Crippen LogP contribution is 2.52. The van der Waals surface area contributed by atoms with Gasteiger partial charge >= 0.3 is 0 Å². The predicted octanol–water partition coefficient (Wildman–Crippen LogP) is 19.1. The van der Waals surface area contributed by atoms with Gasteiger partial charge in [0.15, 0.2) is 0 Å². The normalized spacial score (nSPS) is 12.9. The van der Waals surface area contributed by atoms with Crippen LogP contribution in [0.4, 0.5) is 94.1 Å². The van der Waals surface area contributed by atoms with Crippen molar-refractivity contribution in [1.29, 1.82) is 0 Å². The largest absolute Gasteiger partial charge is 0.311 e. The molecular formula is C84H55B2F2N5S. The van der Waals surface area contributed by atoms with E-state index >= 15 is 8.78 Å². The number of hydrogen-bond acceptors (Lipinski definition) is 6. The minimum Gasteiger partial charge on any atom is -0.311 e. The standard InChI is InChI=1S/C84H55B2F2N5S/c87-60-43-48-76(73(88)49-60)93-77-55-81-72(86-70-36-20-22-38-75(70)92(64-33-17-6-18-34-64)80-52-68(53-82(94-81)84(80)86)89(61-27-11-3-12-28-61)62-29-13-4-14-30-62)54-71(77)85-69-35-19-21-37-74(69)91(63-31-15-5-16-32-63)78-50-67(51-79(93)83(78)85)90(65-44-39-58(40-45-65)56-23-7-1-8-24-56)66-46-41-59(42-47-66)57-25-9-2-10-26-57/h1-55H. The maximum atomic E-state index is 17.8. The van der Waals surface area contributed by atoms with Gasteiger partial charge in [-0.25, -0.2) is 8.78 Å². The Labute approximate surface area is 550 Å². The minimum atomic E-state index is -0.668. The van der Waals surface area contributed by atoms with Gasteiger partial charge in [-0.3, -0.25) is 0 Å². The quantitative estimate of drug-likeness (QED) is 0.119. The van der Waals surface area contributed by atoms with Gasteiger partial charge in [0, 0.05) is 89.8 Å². The van der Waals surface area contributed by atoms with Gasteiger partial charge < -0.3 is 24.5 Å². The zero-order chi connectivity index (χ0) is 62.4. The van der Waals surface area contributed by atoms with Crippen LogP contribution in [0.5, 0.6) is 0 Å². The number of nitrogens with zero attached hydrogens (tertiary/aromatic N) is 5. The predicted molar refractivity (Wildman–Crippen MR) is 391 cm³/mol. The summed E-state index contributed by atoms with van der Waals surface area (Å²) in [6.45, 7) is -0.537. The molecule has 94 heavy (non-hydrogen) atoms. The molecule has 0 aromatic heterocycles. The zero-order valence-electron chi connectivity index (χ0n) is 50.8. The molecule has 14 aromatic rings. The molecule has 18 rings (SSSR count). The van der Waals surface area contributed by atoms with Gasteiger partial charge in [0.25, 0.3) is 6.71 Å². The summed E-state index contributed by atoms with van der Waals surface area (Å²) >= 11 is 1.76. The van der Waals surface area contributed by atoms with Crippen LogP contribution in [0.1, 0.15) is 0 Å². The molecule has 0 fully saturated rings. The van der Waals surface area contributed by atoms with Crippen molar-refractivity contribution in [3.63, 3.8) is 0 Å². The van der Waals surface area contributed by atoms with Crippen LogP contribution in [0.25, 0.3) is 22.3 Å². The molecule has 0 saturated carbocycles. The average Bonchev–Trinajstić information content (AvgIpc) is 0.692. The summed E-state index contributed by atoms with van der Waals surface area (Å²) in [6.07, 6.45) is 0. The molecule has 0 unspecified atom stereocenters. The summed E-state index contributed by atoms with van der Waals surface area (Å²) in [5.41, 5.74) is 25.1. The third-order valence-electron chi connectivity index (χ3n) is 18.9. The van der Waals surface area contributed by atoms with Gasteiger partial charge in [-0.15, -0.1) is 0 Å². The van der Waals surface area contributed by atoms with E-state index in [1.807, 2.05) is 12.1 Å². The van der Waals surface area contributed by atoms with E-state index in [4.69, 9.17) is 0 Å². The van der Waals surface area contributed by atoms with Crippen molar-refractivity contribution in [2.24, 2.45) is 0 Å². The fraction of sp³-hybridized carbons (Fsp3) is 0. The number of anilines is 15. The summed E-state index contributed by atoms with van der Waals surface area (Å²) in [7, 11) is 0. The van der Waals surface area contributed by atoms with Crippen molar-refractivity contribution >= 4 is 143 Å². The number of halogens is 2. The number of para-hydroxylation sites is 6. The van der Waals surface area contributed by atoms with E-state index in [1.165, 1.54) is 22.5 Å². The Hall–Kier alpha value is -11.6. The van der Waals surface area contributed by atoms with Crippen molar-refractivity contribution in [3.05, 3.63) is 345 Å². The van der Waals surface area contributed by atoms with E-state index in [2.05, 4.69) is 328 Å². The summed E-state index contributed by atoms with van der Waals surface area (Å²) in [5.74, 6) is -1.32. The lowest BCUT2D eigenvalue weighted by atomic mass is 9.31. The third-order valence-corrected chi connectivity index (χ3v) is 20.1. The van der Waals surface area contributed by atoms with E-state index in [-0.39, 0.29) is 19.1 Å². The molecule has 0 aliphatic carbocycles. The van der Waals surface area contributed by atoms with E-state index in [1.54, 1.807) is 17.8 Å². The van der Waals surface area contributed by atoms with Crippen molar-refractivity contribution in [2.45, 2.75) is 9.79 Å². The second-order valence-corrected chi connectivity index (χ2v) is 25.3. The second-order valence-electron chi connectivity index (χ2n) is 24.2. The molecule has 4 heterocycles. The van der Waals surface area contributed by atoms with Crippen LogP contribution in [-0.4, -0.2) is 13.4 Å². The number of rotatable bonds is 11. The van der Waals surface area contributed by atoms with E-state index in [0.717, 1.165) is 134 Å². The van der Waals surface area contributed by atoms with Gasteiger partial charge in [-0.1, -0.05) is 217 Å². The molecule has 442 valence electrons. The monoisotopic (exact) mass is 1230 g/mol. The second kappa shape index (κ2) is 22.7. The molecule has 0 amide bonds. The first-order valence-electron chi connectivity index (χ1n) is 31.8. The van der Waals surface area contributed by atoms with Crippen LogP contribution in [0.15, 0.2) is 343 Å². The lowest BCUT2D eigenvalue weighted by Gasteiger charge is -2.46. The molecule has 0 atom stereocenters. The summed E-state index contributed by atoms with van der Waals surface area (Å²) in [6, 6.07) is 117. The Bertz CT molecular complexity index is 5110. The molecule has 0 bridgehead atoms. The minimum absolute atomic E-state index is 0.201. The number of hydrogen-bond donors (Lipinski definition) is 0. The van der Waals surface area contributed by atoms with Crippen molar-refractivity contribution in [2.75, 3.05) is 24.5 Å². The Morgan fingerprint density at radius 1 is 0.255 bits per heavy atom. The van der Waals surface area contributed by atoms with Crippen molar-refractivity contribution in [3.8, 4) is 22.3 Å². The zero-order valence-corrected chi connectivity index (χ0v) is 51.6. The van der Waals surface area contributed by atoms with Crippen LogP contribution in [0, 0.1) is 11.6 Å². The summed E-state index contributed by atoms with van der Waals surface area (Å²) in [5, 5.41) is 0. The molecule has 4 aliphatic heterocycles. The average molecular weight is 1230 g/mol. The highest BCUT2D eigenvalue weighted by molar-refractivity contribution is 8.00. The summed E-state index contributed by atoms with van der Waals surface area (Å²) in [4.78, 5) is 13.7. The van der Waals surface area contributed by atoms with Crippen molar-refractivity contribution < 1.29 is 8.78 Å². The van der Waals surface area contributed by atoms with Crippen LogP contribution in [-0.2, 0) is 0 Å². The topological polar surface area (TPSA) is 16.2 Å². The van der Waals surface area contributed by atoms with Crippen LogP contribution in [0.3, 0.4) is 0 Å². The Balaban J connectivity index is 0.906. The molecular weight excluding hydrogens is 1170 g/mol. The highest BCUT2D eigenvalue weighted by atomic mass is 32.2. The molecule has 0 radical (unpaired) electrons. The molecule has 10 heteroatoms. The maximum Gasteiger partial charge on any atom is 0.252 e. The SMILES string of the molecule is Fc1ccc(N2c3cc4c(cc3B3c5ccccc5N(c5ccccc5)c5cc(N(c6ccc(-c7ccccc7)cc6)c6ccc(-c7ccccc7)cc6)cc2c53)B2c3ccccc3N(c3ccccc3)c3cc(N(c5ccccc5)c5ccccc5)cc(c32)S4)c(F)c1. The maximum absolute atomic E-state index is 17.8. The van der Waals surface area contributed by atoms with E-state index in [0.29, 0.717) is 0 Å². The Morgan fingerprint density at radius 3 is 1.16 bits per heavy atom. The van der Waals surface area contributed by atoms with E-state index < -0.39 is 11.6 Å². The van der Waals surface area contributed by atoms with Crippen LogP contribution in [0.2, 0.25) is 0 Å². The fourth-order valence-corrected chi connectivity index (χ4v) is 16.1. The molecule has 0 N–H and O–H groups in total. The molecule has 0 saturated heterocycles. The Morgan fingerprint density at radius 2 is 0.660 bits per heavy atom. The van der Waals surface area contributed by atoms with Crippen LogP contribution >= 0.6 is 11.8 Å². The first-order chi connectivity index (χ1) is 46.5. The Kier molecular flexibility index (Phi) is 13.3. The highest BCUT2D eigenvalue weighted by Gasteiger charge is 2.48.